The molecule has 0 amide bonds. The molecule has 3 nitrogen and oxygen atoms in total. The second-order valence-corrected chi connectivity index (χ2v) is 3.40. The summed E-state index contributed by atoms with van der Waals surface area (Å²) in [6, 6.07) is 0. The fraction of sp³-hybridized carbons (Fsp3) is 0.667. The normalized spacial score (nSPS) is 21.6. The molecule has 10 heavy (non-hydrogen) atoms. The Balaban J connectivity index is 2.85. The molecule has 0 atom stereocenters. The third kappa shape index (κ3) is 1.11. The molecular weight excluding hydrogens is 148 g/mol. The van der Waals surface area contributed by atoms with Gasteiger partial charge >= 0.3 is 0 Å². The molecule has 0 aromatic carbocycles. The minimum Gasteiger partial charge on any atom is -0.394 e. The van der Waals surface area contributed by atoms with Crippen LogP contribution in [0.4, 0.5) is 0 Å². The molecule has 4 heteroatoms. The predicted molar refractivity (Wildman–Crippen MR) is 44.0 cm³/mol. The number of hydrogen-bond donors (Lipinski definition) is 1. The first-order valence-electron chi connectivity index (χ1n) is 3.04. The summed E-state index contributed by atoms with van der Waals surface area (Å²) in [4.78, 5) is 5.19. The van der Waals surface area contributed by atoms with Crippen molar-refractivity contribution in [1.29, 1.82) is 0 Å². The van der Waals surface area contributed by atoms with Gasteiger partial charge in [-0.15, -0.1) is 0 Å². The van der Waals surface area contributed by atoms with Crippen molar-refractivity contribution in [2.24, 2.45) is 16.3 Å². The Morgan fingerprint density at radius 3 is 2.60 bits per heavy atom. The monoisotopic (exact) mass is 158 g/mol. The molecular formula is C6H10N2OS. The SMILES string of the molecule is CC1(C)CON=C1C(N)=S. The average Bonchev–Trinajstić information content (AvgIpc) is 2.08. The number of hydrogen-bond acceptors (Lipinski definition) is 3. The molecule has 1 heterocycles. The Labute approximate surface area is 65.2 Å². The van der Waals surface area contributed by atoms with Gasteiger partial charge < -0.3 is 10.6 Å². The number of nitrogens with zero attached hydrogens (tertiary/aromatic N) is 1. The molecule has 0 aromatic heterocycles. The lowest BCUT2D eigenvalue weighted by Gasteiger charge is -2.14. The third-order valence-corrected chi connectivity index (χ3v) is 1.65. The summed E-state index contributed by atoms with van der Waals surface area (Å²) in [6.07, 6.45) is 0. The first-order chi connectivity index (χ1) is 4.54. The van der Waals surface area contributed by atoms with Crippen LogP contribution in [0, 0.1) is 5.41 Å². The van der Waals surface area contributed by atoms with Crippen LogP contribution in [0.25, 0.3) is 0 Å². The number of thiocarbonyl (C=S) groups is 1. The molecule has 0 aromatic rings. The predicted octanol–water partition coefficient (Wildman–Crippen LogP) is 0.685. The van der Waals surface area contributed by atoms with Crippen LogP contribution in [-0.4, -0.2) is 17.3 Å². The molecule has 0 saturated carbocycles. The number of nitrogens with two attached hydrogens (primary N) is 1. The van der Waals surface area contributed by atoms with Crippen LogP contribution in [0.3, 0.4) is 0 Å². The summed E-state index contributed by atoms with van der Waals surface area (Å²) in [7, 11) is 0. The lowest BCUT2D eigenvalue weighted by Crippen LogP contribution is -2.33. The Morgan fingerprint density at radius 2 is 2.40 bits per heavy atom. The molecule has 1 aliphatic rings. The largest absolute Gasteiger partial charge is 0.394 e. The van der Waals surface area contributed by atoms with Crippen LogP contribution in [0.2, 0.25) is 0 Å². The van der Waals surface area contributed by atoms with Crippen LogP contribution in [0.5, 0.6) is 0 Å². The summed E-state index contributed by atoms with van der Waals surface area (Å²) < 4.78 is 0. The quantitative estimate of drug-likeness (QED) is 0.571. The maximum absolute atomic E-state index is 5.39. The maximum atomic E-state index is 5.39. The van der Waals surface area contributed by atoms with Crippen molar-refractivity contribution in [2.75, 3.05) is 6.61 Å². The topological polar surface area (TPSA) is 47.6 Å². The van der Waals surface area contributed by atoms with Gasteiger partial charge in [0, 0.05) is 0 Å². The smallest absolute Gasteiger partial charge is 0.128 e. The highest BCUT2D eigenvalue weighted by Crippen LogP contribution is 2.23. The van der Waals surface area contributed by atoms with E-state index < -0.39 is 0 Å². The van der Waals surface area contributed by atoms with Gasteiger partial charge in [-0.1, -0.05) is 31.2 Å². The zero-order valence-electron chi connectivity index (χ0n) is 6.05. The van der Waals surface area contributed by atoms with Crippen molar-refractivity contribution in [1.82, 2.24) is 0 Å². The molecule has 0 unspecified atom stereocenters. The van der Waals surface area contributed by atoms with Crippen LogP contribution < -0.4 is 5.73 Å². The van der Waals surface area contributed by atoms with E-state index in [1.54, 1.807) is 0 Å². The first-order valence-corrected chi connectivity index (χ1v) is 3.45. The summed E-state index contributed by atoms with van der Waals surface area (Å²) in [5.41, 5.74) is 5.99. The summed E-state index contributed by atoms with van der Waals surface area (Å²) >= 11 is 4.77. The van der Waals surface area contributed by atoms with Gasteiger partial charge in [0.05, 0.1) is 5.41 Å². The minimum atomic E-state index is -0.105. The van der Waals surface area contributed by atoms with Gasteiger partial charge in [-0.05, 0) is 0 Å². The number of rotatable bonds is 1. The van der Waals surface area contributed by atoms with E-state index in [2.05, 4.69) is 5.16 Å². The van der Waals surface area contributed by atoms with E-state index in [0.717, 1.165) is 0 Å². The second kappa shape index (κ2) is 2.20. The van der Waals surface area contributed by atoms with E-state index in [9.17, 15) is 0 Å². The van der Waals surface area contributed by atoms with Gasteiger partial charge in [0.1, 0.15) is 17.3 Å². The zero-order valence-corrected chi connectivity index (χ0v) is 6.86. The van der Waals surface area contributed by atoms with Gasteiger partial charge in [-0.2, -0.15) is 0 Å². The minimum absolute atomic E-state index is 0.105. The molecule has 1 rings (SSSR count). The highest BCUT2D eigenvalue weighted by atomic mass is 32.1. The van der Waals surface area contributed by atoms with Crippen molar-refractivity contribution < 1.29 is 4.84 Å². The summed E-state index contributed by atoms with van der Waals surface area (Å²) in [6.45, 7) is 4.57. The van der Waals surface area contributed by atoms with E-state index in [0.29, 0.717) is 17.3 Å². The highest BCUT2D eigenvalue weighted by Gasteiger charge is 2.33. The second-order valence-electron chi connectivity index (χ2n) is 2.96. The fourth-order valence-electron chi connectivity index (χ4n) is 0.829. The highest BCUT2D eigenvalue weighted by molar-refractivity contribution is 7.82. The first kappa shape index (κ1) is 7.47. The van der Waals surface area contributed by atoms with Gasteiger partial charge in [0.25, 0.3) is 0 Å². The van der Waals surface area contributed by atoms with E-state index >= 15 is 0 Å². The fourth-order valence-corrected chi connectivity index (χ4v) is 1.14. The van der Waals surface area contributed by atoms with E-state index in [1.165, 1.54) is 0 Å². The van der Waals surface area contributed by atoms with Gasteiger partial charge in [0.15, 0.2) is 0 Å². The van der Waals surface area contributed by atoms with Crippen molar-refractivity contribution in [3.05, 3.63) is 0 Å². The van der Waals surface area contributed by atoms with Gasteiger partial charge in [-0.25, -0.2) is 0 Å². The van der Waals surface area contributed by atoms with Gasteiger partial charge in [-0.3, -0.25) is 0 Å². The Bertz CT molecular complexity index is 198. The Morgan fingerprint density at radius 1 is 1.80 bits per heavy atom. The lowest BCUT2D eigenvalue weighted by atomic mass is 9.89. The molecule has 0 bridgehead atoms. The van der Waals surface area contributed by atoms with Crippen molar-refractivity contribution in [2.45, 2.75) is 13.8 Å². The van der Waals surface area contributed by atoms with E-state index in [-0.39, 0.29) is 5.41 Å². The van der Waals surface area contributed by atoms with E-state index in [1.807, 2.05) is 13.8 Å². The van der Waals surface area contributed by atoms with Gasteiger partial charge in [0.2, 0.25) is 0 Å². The number of oxime groups is 1. The molecule has 0 radical (unpaired) electrons. The summed E-state index contributed by atoms with van der Waals surface area (Å²) in [5, 5.41) is 3.74. The molecule has 0 aliphatic carbocycles. The molecule has 0 spiro atoms. The van der Waals surface area contributed by atoms with Crippen LogP contribution in [0.1, 0.15) is 13.8 Å². The van der Waals surface area contributed by atoms with Crippen LogP contribution in [0.15, 0.2) is 5.16 Å². The van der Waals surface area contributed by atoms with Crippen LogP contribution >= 0.6 is 12.2 Å². The Hall–Kier alpha value is -0.640. The van der Waals surface area contributed by atoms with E-state index in [4.69, 9.17) is 22.8 Å². The van der Waals surface area contributed by atoms with Crippen molar-refractivity contribution in [3.8, 4) is 0 Å². The van der Waals surface area contributed by atoms with Crippen molar-refractivity contribution >= 4 is 22.9 Å². The van der Waals surface area contributed by atoms with Crippen LogP contribution in [-0.2, 0) is 4.84 Å². The third-order valence-electron chi connectivity index (χ3n) is 1.46. The Kier molecular flexibility index (Phi) is 1.64. The maximum Gasteiger partial charge on any atom is 0.128 e. The molecule has 2 N–H and O–H groups in total. The molecule has 0 saturated heterocycles. The molecule has 1 aliphatic heterocycles. The lowest BCUT2D eigenvalue weighted by molar-refractivity contribution is 0.133. The van der Waals surface area contributed by atoms with Crippen molar-refractivity contribution in [3.63, 3.8) is 0 Å². The summed E-state index contributed by atoms with van der Waals surface area (Å²) in [5.74, 6) is 0. The zero-order chi connectivity index (χ0) is 7.78. The standard InChI is InChI=1S/C6H10N2OS/c1-6(2)3-9-8-4(6)5(7)10/h3H2,1-2H3,(H2,7,10). The average molecular weight is 158 g/mol. The molecule has 0 fully saturated rings. The molecule has 56 valence electrons.